The molecule has 1 N–H and O–H groups in total. The summed E-state index contributed by atoms with van der Waals surface area (Å²) in [5, 5.41) is 1.99. The molecule has 1 heterocycles. The van der Waals surface area contributed by atoms with Crippen molar-refractivity contribution in [2.45, 2.75) is 19.8 Å². The zero-order valence-electron chi connectivity index (χ0n) is 8.07. The molecule has 14 heavy (non-hydrogen) atoms. The van der Waals surface area contributed by atoms with E-state index >= 15 is 0 Å². The zero-order chi connectivity index (χ0) is 10.3. The van der Waals surface area contributed by atoms with Crippen molar-refractivity contribution >= 4 is 38.4 Å². The maximum atomic E-state index is 6.01. The maximum Gasteiger partial charge on any atom is 0.0569 e. The van der Waals surface area contributed by atoms with E-state index in [1.54, 1.807) is 0 Å². The first-order chi connectivity index (χ1) is 6.59. The molecule has 0 atom stereocenters. The van der Waals surface area contributed by atoms with Crippen LogP contribution in [0, 0.1) is 0 Å². The normalized spacial score (nSPS) is 11.5. The molecule has 2 rings (SSSR count). The van der Waals surface area contributed by atoms with Crippen molar-refractivity contribution in [1.82, 2.24) is 4.98 Å². The van der Waals surface area contributed by atoms with E-state index < -0.39 is 0 Å². The van der Waals surface area contributed by atoms with Gasteiger partial charge in [0.05, 0.1) is 5.02 Å². The van der Waals surface area contributed by atoms with Gasteiger partial charge in [0.1, 0.15) is 0 Å². The molecule has 0 radical (unpaired) electrons. The minimum Gasteiger partial charge on any atom is -0.361 e. The van der Waals surface area contributed by atoms with Gasteiger partial charge in [0.15, 0.2) is 0 Å². The van der Waals surface area contributed by atoms with Crippen LogP contribution in [0.3, 0.4) is 0 Å². The lowest BCUT2D eigenvalue weighted by molar-refractivity contribution is 0.875. The Balaban J connectivity index is 2.74. The highest BCUT2D eigenvalue weighted by atomic mass is 79.9. The van der Waals surface area contributed by atoms with Gasteiger partial charge >= 0.3 is 0 Å². The monoisotopic (exact) mass is 271 g/mol. The summed E-state index contributed by atoms with van der Waals surface area (Å²) in [5.74, 6) is 0.525. The molecule has 0 unspecified atom stereocenters. The molecule has 0 aliphatic carbocycles. The summed E-state index contributed by atoms with van der Waals surface area (Å²) in [5.41, 5.74) is 2.43. The van der Waals surface area contributed by atoms with Gasteiger partial charge in [0.25, 0.3) is 0 Å². The van der Waals surface area contributed by atoms with Crippen LogP contribution in [0.2, 0.25) is 5.02 Å². The summed E-state index contributed by atoms with van der Waals surface area (Å²) in [6, 6.07) is 4.02. The lowest BCUT2D eigenvalue weighted by Gasteiger charge is -2.03. The lowest BCUT2D eigenvalue weighted by Crippen LogP contribution is -1.83. The first-order valence-electron chi connectivity index (χ1n) is 4.55. The van der Waals surface area contributed by atoms with Gasteiger partial charge in [0.2, 0.25) is 0 Å². The van der Waals surface area contributed by atoms with Crippen LogP contribution < -0.4 is 0 Å². The molecule has 0 saturated heterocycles. The van der Waals surface area contributed by atoms with Crippen LogP contribution in [0.1, 0.15) is 25.3 Å². The van der Waals surface area contributed by atoms with Crippen molar-refractivity contribution in [2.24, 2.45) is 0 Å². The first-order valence-corrected chi connectivity index (χ1v) is 5.72. The molecule has 2 aromatic rings. The molecule has 0 fully saturated rings. The van der Waals surface area contributed by atoms with Crippen LogP contribution in [0.5, 0.6) is 0 Å². The van der Waals surface area contributed by atoms with Gasteiger partial charge in [-0.1, -0.05) is 25.4 Å². The van der Waals surface area contributed by atoms with Gasteiger partial charge in [-0.3, -0.25) is 0 Å². The highest BCUT2D eigenvalue weighted by Gasteiger charge is 2.09. The second-order valence-electron chi connectivity index (χ2n) is 3.71. The second-order valence-corrected chi connectivity index (χ2v) is 4.97. The highest BCUT2D eigenvalue weighted by Crippen LogP contribution is 2.32. The van der Waals surface area contributed by atoms with Crippen LogP contribution in [0.25, 0.3) is 10.9 Å². The van der Waals surface area contributed by atoms with E-state index in [1.807, 2.05) is 6.07 Å². The summed E-state index contributed by atoms with van der Waals surface area (Å²) in [7, 11) is 0. The van der Waals surface area contributed by atoms with Crippen LogP contribution in [0.15, 0.2) is 22.8 Å². The third-order valence-corrected chi connectivity index (χ3v) is 3.57. The fraction of sp³-hybridized carbons (Fsp3) is 0.273. The van der Waals surface area contributed by atoms with E-state index in [2.05, 4.69) is 47.0 Å². The molecule has 1 nitrogen and oxygen atoms in total. The molecule has 0 saturated carbocycles. The van der Waals surface area contributed by atoms with E-state index in [4.69, 9.17) is 11.6 Å². The Labute approximate surface area is 96.6 Å². The topological polar surface area (TPSA) is 15.8 Å². The first kappa shape index (κ1) is 10.1. The van der Waals surface area contributed by atoms with E-state index in [-0.39, 0.29) is 0 Å². The molecule has 0 bridgehead atoms. The lowest BCUT2D eigenvalue weighted by atomic mass is 10.0. The molecule has 1 aromatic carbocycles. The van der Waals surface area contributed by atoms with Crippen molar-refractivity contribution < 1.29 is 0 Å². The van der Waals surface area contributed by atoms with E-state index in [9.17, 15) is 0 Å². The van der Waals surface area contributed by atoms with Crippen molar-refractivity contribution in [3.05, 3.63) is 33.4 Å². The SMILES string of the molecule is CC(C)c1c[nH]c2cc(Cl)c(Br)cc12. The number of aromatic amines is 1. The molecule has 0 spiro atoms. The predicted molar refractivity (Wildman–Crippen MR) is 65.1 cm³/mol. The molecular weight excluding hydrogens is 261 g/mol. The van der Waals surface area contributed by atoms with Crippen LogP contribution >= 0.6 is 27.5 Å². The van der Waals surface area contributed by atoms with Gasteiger partial charge in [-0.25, -0.2) is 0 Å². The Morgan fingerprint density at radius 2 is 2.07 bits per heavy atom. The average molecular weight is 273 g/mol. The number of H-pyrrole nitrogens is 1. The number of fused-ring (bicyclic) bond motifs is 1. The Hall–Kier alpha value is -0.470. The average Bonchev–Trinajstić information content (AvgIpc) is 2.48. The molecule has 1 aromatic heterocycles. The number of halogens is 2. The maximum absolute atomic E-state index is 6.01. The van der Waals surface area contributed by atoms with E-state index in [0.717, 1.165) is 15.0 Å². The number of benzene rings is 1. The summed E-state index contributed by atoms with van der Waals surface area (Å²) in [4.78, 5) is 3.23. The standard InChI is InChI=1S/C11H11BrClN/c1-6(2)8-5-14-11-4-10(13)9(12)3-7(8)11/h3-6,14H,1-2H3. The quantitative estimate of drug-likeness (QED) is 0.774. The predicted octanol–water partition coefficient (Wildman–Crippen LogP) is 4.71. The summed E-state index contributed by atoms with van der Waals surface area (Å²) in [6.45, 7) is 4.37. The van der Waals surface area contributed by atoms with Gasteiger partial charge in [0, 0.05) is 21.6 Å². The van der Waals surface area contributed by atoms with Crippen LogP contribution in [0.4, 0.5) is 0 Å². The van der Waals surface area contributed by atoms with E-state index in [1.165, 1.54) is 10.9 Å². The fourth-order valence-electron chi connectivity index (χ4n) is 1.62. The van der Waals surface area contributed by atoms with Gasteiger partial charge in [-0.05, 0) is 39.5 Å². The minimum atomic E-state index is 0.525. The third-order valence-electron chi connectivity index (χ3n) is 2.38. The second kappa shape index (κ2) is 3.59. The number of hydrogen-bond donors (Lipinski definition) is 1. The van der Waals surface area contributed by atoms with Gasteiger partial charge < -0.3 is 4.98 Å². The number of hydrogen-bond acceptors (Lipinski definition) is 0. The number of nitrogens with one attached hydrogen (secondary N) is 1. The van der Waals surface area contributed by atoms with Gasteiger partial charge in [-0.15, -0.1) is 0 Å². The molecule has 74 valence electrons. The Bertz CT molecular complexity index is 473. The summed E-state index contributed by atoms with van der Waals surface area (Å²) >= 11 is 9.45. The molecule has 0 aliphatic rings. The fourth-order valence-corrected chi connectivity index (χ4v) is 2.12. The molecule has 0 aliphatic heterocycles. The highest BCUT2D eigenvalue weighted by molar-refractivity contribution is 9.10. The molecule has 0 amide bonds. The van der Waals surface area contributed by atoms with Crippen molar-refractivity contribution in [3.8, 4) is 0 Å². The number of aromatic nitrogens is 1. The Kier molecular flexibility index (Phi) is 2.58. The largest absolute Gasteiger partial charge is 0.361 e. The van der Waals surface area contributed by atoms with Crippen LogP contribution in [-0.4, -0.2) is 4.98 Å². The number of rotatable bonds is 1. The van der Waals surface area contributed by atoms with Crippen molar-refractivity contribution in [1.29, 1.82) is 0 Å². The molecular formula is C11H11BrClN. The van der Waals surface area contributed by atoms with Crippen molar-refractivity contribution in [3.63, 3.8) is 0 Å². The van der Waals surface area contributed by atoms with Crippen LogP contribution in [-0.2, 0) is 0 Å². The third kappa shape index (κ3) is 1.57. The smallest absolute Gasteiger partial charge is 0.0569 e. The summed E-state index contributed by atoms with van der Waals surface area (Å²) in [6.07, 6.45) is 2.05. The Morgan fingerprint density at radius 1 is 1.36 bits per heavy atom. The van der Waals surface area contributed by atoms with Crippen molar-refractivity contribution in [2.75, 3.05) is 0 Å². The minimum absolute atomic E-state index is 0.525. The zero-order valence-corrected chi connectivity index (χ0v) is 10.4. The molecule has 3 heteroatoms. The Morgan fingerprint density at radius 3 is 2.71 bits per heavy atom. The van der Waals surface area contributed by atoms with Gasteiger partial charge in [-0.2, -0.15) is 0 Å². The van der Waals surface area contributed by atoms with E-state index in [0.29, 0.717) is 5.92 Å². The summed E-state index contributed by atoms with van der Waals surface area (Å²) < 4.78 is 0.952.